The highest BCUT2D eigenvalue weighted by atomic mass is 16.3. The van der Waals surface area contributed by atoms with E-state index in [2.05, 4.69) is 17.1 Å². The zero-order valence-electron chi connectivity index (χ0n) is 17.8. The van der Waals surface area contributed by atoms with Crippen LogP contribution in [-0.2, 0) is 4.79 Å². The average molecular weight is 422 g/mol. The lowest BCUT2D eigenvalue weighted by molar-refractivity contribution is -0.120. The van der Waals surface area contributed by atoms with Crippen LogP contribution in [0.3, 0.4) is 0 Å². The van der Waals surface area contributed by atoms with E-state index in [1.807, 2.05) is 18.0 Å². The fraction of sp³-hybridized carbons (Fsp3) is 0.455. The lowest BCUT2D eigenvalue weighted by Gasteiger charge is -2.35. The quantitative estimate of drug-likeness (QED) is 0.806. The van der Waals surface area contributed by atoms with Crippen LogP contribution in [0.2, 0.25) is 0 Å². The predicted molar refractivity (Wildman–Crippen MR) is 116 cm³/mol. The van der Waals surface area contributed by atoms with Crippen molar-refractivity contribution in [2.24, 2.45) is 5.92 Å². The first-order valence-electron chi connectivity index (χ1n) is 10.5. The van der Waals surface area contributed by atoms with Gasteiger partial charge in [-0.1, -0.05) is 6.92 Å². The Hall–Kier alpha value is -3.38. The molecule has 4 heterocycles. The minimum absolute atomic E-state index is 0.0101. The highest BCUT2D eigenvalue weighted by molar-refractivity contribution is 6.04. The second-order valence-corrected chi connectivity index (χ2v) is 8.22. The predicted octanol–water partition coefficient (Wildman–Crippen LogP) is 2.31. The van der Waals surface area contributed by atoms with Crippen molar-refractivity contribution in [3.63, 3.8) is 0 Å². The maximum Gasteiger partial charge on any atom is 0.291 e. The Balaban J connectivity index is 1.63. The number of nitrogens with zero attached hydrogens (tertiary/aromatic N) is 5. The van der Waals surface area contributed by atoms with Gasteiger partial charge in [-0.15, -0.1) is 0 Å². The van der Waals surface area contributed by atoms with Gasteiger partial charge in [0.1, 0.15) is 11.9 Å². The number of furan rings is 1. The summed E-state index contributed by atoms with van der Waals surface area (Å²) >= 11 is 0. The molecule has 2 amide bonds. The van der Waals surface area contributed by atoms with Gasteiger partial charge in [0.15, 0.2) is 11.6 Å². The number of piperazine rings is 1. The first-order chi connectivity index (χ1) is 14.9. The number of carbonyl (C=O) groups is 2. The monoisotopic (exact) mass is 422 g/mol. The summed E-state index contributed by atoms with van der Waals surface area (Å²) in [6.07, 6.45) is 2.08. The van der Waals surface area contributed by atoms with Crippen LogP contribution in [-0.4, -0.2) is 61.5 Å². The van der Waals surface area contributed by atoms with Crippen LogP contribution in [0.1, 0.15) is 36.1 Å². The fourth-order valence-electron chi connectivity index (χ4n) is 3.88. The molecule has 2 aromatic heterocycles. The van der Waals surface area contributed by atoms with Crippen LogP contribution in [0.4, 0.5) is 17.3 Å². The van der Waals surface area contributed by atoms with Crippen molar-refractivity contribution in [2.45, 2.75) is 19.8 Å². The smallest absolute Gasteiger partial charge is 0.291 e. The Labute approximate surface area is 181 Å². The molecular formula is C22H26N6O3. The summed E-state index contributed by atoms with van der Waals surface area (Å²) < 4.78 is 5.24. The van der Waals surface area contributed by atoms with Crippen molar-refractivity contribution in [1.29, 1.82) is 5.26 Å². The molecule has 2 aromatic rings. The SMILES string of the molecule is CC1CCN(c2nc(N3CCN(C)CC3=O)ccc2NC(=O)c2ccc(C#N)o2)CC1. The largest absolute Gasteiger partial charge is 0.440 e. The van der Waals surface area contributed by atoms with Gasteiger partial charge in [0.25, 0.3) is 5.91 Å². The molecule has 9 nitrogen and oxygen atoms in total. The van der Waals surface area contributed by atoms with Crippen molar-refractivity contribution < 1.29 is 14.0 Å². The van der Waals surface area contributed by atoms with Crippen molar-refractivity contribution in [3.05, 3.63) is 35.8 Å². The summed E-state index contributed by atoms with van der Waals surface area (Å²) in [7, 11) is 1.92. The molecule has 0 saturated carbocycles. The molecule has 2 saturated heterocycles. The van der Waals surface area contributed by atoms with E-state index >= 15 is 0 Å². The third-order valence-corrected chi connectivity index (χ3v) is 5.82. The van der Waals surface area contributed by atoms with E-state index in [4.69, 9.17) is 14.7 Å². The number of carbonyl (C=O) groups excluding carboxylic acids is 2. The molecule has 0 unspecified atom stereocenters. The van der Waals surface area contributed by atoms with Gasteiger partial charge in [0, 0.05) is 26.2 Å². The van der Waals surface area contributed by atoms with Gasteiger partial charge < -0.3 is 14.6 Å². The first-order valence-corrected chi connectivity index (χ1v) is 10.5. The van der Waals surface area contributed by atoms with Crippen LogP contribution in [0, 0.1) is 17.2 Å². The molecule has 0 radical (unpaired) electrons. The Kier molecular flexibility index (Phi) is 5.91. The summed E-state index contributed by atoms with van der Waals surface area (Å²) in [4.78, 5) is 35.9. The number of likely N-dealkylation sites (N-methyl/N-ethyl adjacent to an activating group) is 1. The maximum absolute atomic E-state index is 12.7. The van der Waals surface area contributed by atoms with Crippen LogP contribution < -0.4 is 15.1 Å². The van der Waals surface area contributed by atoms with Gasteiger partial charge in [-0.05, 0) is 50.1 Å². The molecule has 9 heteroatoms. The number of piperidine rings is 1. The molecule has 2 fully saturated rings. The average Bonchev–Trinajstić information content (AvgIpc) is 3.24. The Morgan fingerprint density at radius 1 is 1.19 bits per heavy atom. The molecule has 2 aliphatic heterocycles. The number of nitrogens with one attached hydrogen (secondary N) is 1. The van der Waals surface area contributed by atoms with Crippen molar-refractivity contribution in [3.8, 4) is 6.07 Å². The molecule has 0 aromatic carbocycles. The Morgan fingerprint density at radius 2 is 1.97 bits per heavy atom. The molecule has 1 N–H and O–H groups in total. The second-order valence-electron chi connectivity index (χ2n) is 8.22. The third-order valence-electron chi connectivity index (χ3n) is 5.82. The van der Waals surface area contributed by atoms with Gasteiger partial charge in [0.05, 0.1) is 12.2 Å². The molecule has 0 atom stereocenters. The minimum Gasteiger partial charge on any atom is -0.440 e. The minimum atomic E-state index is -0.446. The van der Waals surface area contributed by atoms with Gasteiger partial charge >= 0.3 is 0 Å². The Bertz CT molecular complexity index is 1020. The van der Waals surface area contributed by atoms with Crippen LogP contribution >= 0.6 is 0 Å². The van der Waals surface area contributed by atoms with E-state index in [0.29, 0.717) is 36.3 Å². The summed E-state index contributed by atoms with van der Waals surface area (Å²) in [6.45, 7) is 5.61. The number of pyridine rings is 1. The topological polar surface area (TPSA) is 106 Å². The summed E-state index contributed by atoms with van der Waals surface area (Å²) in [5, 5.41) is 11.8. The van der Waals surface area contributed by atoms with E-state index in [-0.39, 0.29) is 17.4 Å². The van der Waals surface area contributed by atoms with Crippen LogP contribution in [0.5, 0.6) is 0 Å². The van der Waals surface area contributed by atoms with Gasteiger partial charge in [-0.25, -0.2) is 4.98 Å². The number of amides is 2. The summed E-state index contributed by atoms with van der Waals surface area (Å²) in [5.41, 5.74) is 0.555. The lowest BCUT2D eigenvalue weighted by atomic mass is 9.99. The second kappa shape index (κ2) is 8.78. The Morgan fingerprint density at radius 3 is 2.65 bits per heavy atom. The zero-order chi connectivity index (χ0) is 22.0. The van der Waals surface area contributed by atoms with Gasteiger partial charge in [-0.2, -0.15) is 5.26 Å². The van der Waals surface area contributed by atoms with Gasteiger partial charge in [0.2, 0.25) is 11.7 Å². The summed E-state index contributed by atoms with van der Waals surface area (Å²) in [5.74, 6) is 1.59. The highest BCUT2D eigenvalue weighted by Gasteiger charge is 2.27. The molecule has 0 aliphatic carbocycles. The molecule has 4 rings (SSSR count). The number of nitriles is 1. The lowest BCUT2D eigenvalue weighted by Crippen LogP contribution is -2.49. The molecule has 162 valence electrons. The number of anilines is 3. The normalized spacial score (nSPS) is 18.2. The van der Waals surface area contributed by atoms with E-state index in [1.54, 1.807) is 17.0 Å². The number of aromatic nitrogens is 1. The molecule has 31 heavy (non-hydrogen) atoms. The van der Waals surface area contributed by atoms with E-state index in [1.165, 1.54) is 12.1 Å². The van der Waals surface area contributed by atoms with E-state index < -0.39 is 5.91 Å². The molecule has 0 spiro atoms. The van der Waals surface area contributed by atoms with Crippen LogP contribution in [0.25, 0.3) is 0 Å². The zero-order valence-corrected chi connectivity index (χ0v) is 17.8. The first kappa shape index (κ1) is 20.9. The molecule has 2 aliphatic rings. The summed E-state index contributed by atoms with van der Waals surface area (Å²) in [6, 6.07) is 8.36. The third kappa shape index (κ3) is 4.54. The fourth-order valence-corrected chi connectivity index (χ4v) is 3.88. The number of hydrogen-bond donors (Lipinski definition) is 1. The molecular weight excluding hydrogens is 396 g/mol. The van der Waals surface area contributed by atoms with Crippen molar-refractivity contribution >= 4 is 29.1 Å². The maximum atomic E-state index is 12.7. The van der Waals surface area contributed by atoms with Crippen molar-refractivity contribution in [2.75, 3.05) is 54.9 Å². The number of hydrogen-bond acceptors (Lipinski definition) is 7. The van der Waals surface area contributed by atoms with Crippen molar-refractivity contribution in [1.82, 2.24) is 9.88 Å². The molecule has 0 bridgehead atoms. The van der Waals surface area contributed by atoms with E-state index in [0.717, 1.165) is 32.5 Å². The van der Waals surface area contributed by atoms with Gasteiger partial charge in [-0.3, -0.25) is 19.4 Å². The number of rotatable bonds is 4. The highest BCUT2D eigenvalue weighted by Crippen LogP contribution is 2.31. The van der Waals surface area contributed by atoms with E-state index in [9.17, 15) is 9.59 Å². The van der Waals surface area contributed by atoms with Crippen LogP contribution in [0.15, 0.2) is 28.7 Å². The standard InChI is InChI=1S/C22H26N6O3/c1-15-7-9-27(10-8-15)21-17(24-22(30)18-5-3-16(13-23)31-18)4-6-19(25-21)28-12-11-26(2)14-20(28)29/h3-6,15H,7-12,14H2,1-2H3,(H,24,30).